The highest BCUT2D eigenvalue weighted by molar-refractivity contribution is 6.12. The fourth-order valence-corrected chi connectivity index (χ4v) is 3.59. The molecule has 9 heteroatoms. The number of rotatable bonds is 5. The van der Waals surface area contributed by atoms with E-state index in [4.69, 9.17) is 16.9 Å². The number of ether oxygens (including phenoxy) is 1. The van der Waals surface area contributed by atoms with E-state index >= 15 is 0 Å². The van der Waals surface area contributed by atoms with Crippen molar-refractivity contribution >= 4 is 41.0 Å². The Balaban J connectivity index is 1.60. The summed E-state index contributed by atoms with van der Waals surface area (Å²) in [5.41, 5.74) is 8.04. The van der Waals surface area contributed by atoms with Crippen LogP contribution in [0.2, 0.25) is 0 Å². The molecule has 3 N–H and O–H groups in total. The van der Waals surface area contributed by atoms with Crippen molar-refractivity contribution in [3.8, 4) is 12.3 Å². The average Bonchev–Trinajstić information content (AvgIpc) is 2.84. The van der Waals surface area contributed by atoms with E-state index in [2.05, 4.69) is 16.2 Å². The van der Waals surface area contributed by atoms with Gasteiger partial charge < -0.3 is 25.6 Å². The molecule has 2 aromatic carbocycles. The SMILES string of the molecule is C#Cc1ccc(NC(=O)C2=C(C(N)=O)N(c3ccc(N4CCOCC4=O)cc3)CC=N2)cc1. The monoisotopic (exact) mass is 443 g/mol. The van der Waals surface area contributed by atoms with Crippen LogP contribution in [-0.4, -0.2) is 50.2 Å². The highest BCUT2D eigenvalue weighted by Gasteiger charge is 2.28. The van der Waals surface area contributed by atoms with E-state index in [1.807, 2.05) is 0 Å². The van der Waals surface area contributed by atoms with Crippen LogP contribution in [0.3, 0.4) is 0 Å². The van der Waals surface area contributed by atoms with Gasteiger partial charge in [0.1, 0.15) is 12.3 Å². The molecule has 0 aliphatic carbocycles. The predicted octanol–water partition coefficient (Wildman–Crippen LogP) is 1.26. The summed E-state index contributed by atoms with van der Waals surface area (Å²) in [7, 11) is 0. The molecule has 4 rings (SSSR count). The van der Waals surface area contributed by atoms with Crippen molar-refractivity contribution in [2.24, 2.45) is 10.7 Å². The van der Waals surface area contributed by atoms with Gasteiger partial charge in [-0.1, -0.05) is 5.92 Å². The van der Waals surface area contributed by atoms with Gasteiger partial charge in [0.05, 0.1) is 13.2 Å². The van der Waals surface area contributed by atoms with Gasteiger partial charge in [0.2, 0.25) is 0 Å². The third-order valence-corrected chi connectivity index (χ3v) is 5.20. The first-order chi connectivity index (χ1) is 16.0. The number of primary amides is 1. The number of anilines is 3. The van der Waals surface area contributed by atoms with Crippen LogP contribution in [0.5, 0.6) is 0 Å². The fraction of sp³-hybridized carbons (Fsp3) is 0.167. The highest BCUT2D eigenvalue weighted by Crippen LogP contribution is 2.27. The summed E-state index contributed by atoms with van der Waals surface area (Å²) < 4.78 is 5.16. The van der Waals surface area contributed by atoms with E-state index in [1.165, 1.54) is 6.21 Å². The number of morpholine rings is 1. The second-order valence-electron chi connectivity index (χ2n) is 7.27. The topological polar surface area (TPSA) is 117 Å². The van der Waals surface area contributed by atoms with Crippen LogP contribution in [-0.2, 0) is 19.1 Å². The number of hydrogen-bond donors (Lipinski definition) is 2. The zero-order chi connectivity index (χ0) is 23.4. The highest BCUT2D eigenvalue weighted by atomic mass is 16.5. The summed E-state index contributed by atoms with van der Waals surface area (Å²) in [5.74, 6) is 1.02. The zero-order valence-electron chi connectivity index (χ0n) is 17.7. The summed E-state index contributed by atoms with van der Waals surface area (Å²) >= 11 is 0. The Morgan fingerprint density at radius 2 is 1.73 bits per heavy atom. The van der Waals surface area contributed by atoms with Gasteiger partial charge in [-0.15, -0.1) is 6.42 Å². The van der Waals surface area contributed by atoms with Gasteiger partial charge in [0.25, 0.3) is 17.7 Å². The number of hydrogen-bond acceptors (Lipinski definition) is 6. The van der Waals surface area contributed by atoms with Gasteiger partial charge >= 0.3 is 0 Å². The molecule has 166 valence electrons. The van der Waals surface area contributed by atoms with Gasteiger partial charge in [-0.25, -0.2) is 0 Å². The molecule has 2 aliphatic heterocycles. The Morgan fingerprint density at radius 3 is 2.33 bits per heavy atom. The minimum Gasteiger partial charge on any atom is -0.370 e. The van der Waals surface area contributed by atoms with Gasteiger partial charge in [0.15, 0.2) is 5.70 Å². The maximum atomic E-state index is 12.9. The predicted molar refractivity (Wildman–Crippen MR) is 125 cm³/mol. The Kier molecular flexibility index (Phi) is 6.20. The van der Waals surface area contributed by atoms with E-state index < -0.39 is 11.8 Å². The maximum absolute atomic E-state index is 12.9. The molecule has 0 bridgehead atoms. The summed E-state index contributed by atoms with van der Waals surface area (Å²) in [5, 5.41) is 2.71. The number of nitrogens with two attached hydrogens (primary N) is 1. The molecule has 2 heterocycles. The molecule has 33 heavy (non-hydrogen) atoms. The van der Waals surface area contributed by atoms with Crippen LogP contribution in [0.25, 0.3) is 0 Å². The van der Waals surface area contributed by atoms with Crippen molar-refractivity contribution in [3.63, 3.8) is 0 Å². The molecule has 2 aliphatic rings. The number of nitrogens with zero attached hydrogens (tertiary/aromatic N) is 3. The molecule has 1 fully saturated rings. The van der Waals surface area contributed by atoms with Gasteiger partial charge in [0, 0.05) is 35.4 Å². The average molecular weight is 443 g/mol. The Morgan fingerprint density at radius 1 is 1.06 bits per heavy atom. The van der Waals surface area contributed by atoms with Gasteiger partial charge in [-0.3, -0.25) is 19.4 Å². The third-order valence-electron chi connectivity index (χ3n) is 5.20. The first-order valence-electron chi connectivity index (χ1n) is 10.2. The molecular weight excluding hydrogens is 422 g/mol. The molecule has 0 atom stereocenters. The molecular formula is C24H21N5O4. The number of amides is 3. The molecule has 0 saturated carbocycles. The smallest absolute Gasteiger partial charge is 0.276 e. The van der Waals surface area contributed by atoms with Crippen LogP contribution < -0.4 is 20.9 Å². The first-order valence-corrected chi connectivity index (χ1v) is 10.2. The van der Waals surface area contributed by atoms with Crippen LogP contribution in [0, 0.1) is 12.3 Å². The lowest BCUT2D eigenvalue weighted by atomic mass is 10.1. The lowest BCUT2D eigenvalue weighted by Gasteiger charge is -2.30. The summed E-state index contributed by atoms with van der Waals surface area (Å²) in [6, 6.07) is 13.8. The van der Waals surface area contributed by atoms with Crippen LogP contribution in [0.1, 0.15) is 5.56 Å². The number of benzene rings is 2. The Hall–Kier alpha value is -4.42. The van der Waals surface area contributed by atoms with Crippen LogP contribution in [0.15, 0.2) is 64.9 Å². The molecule has 9 nitrogen and oxygen atoms in total. The molecule has 0 unspecified atom stereocenters. The lowest BCUT2D eigenvalue weighted by Crippen LogP contribution is -2.41. The molecule has 0 spiro atoms. The first kappa shape index (κ1) is 21.8. The summed E-state index contributed by atoms with van der Waals surface area (Å²) in [6.07, 6.45) is 6.88. The quantitative estimate of drug-likeness (QED) is 0.675. The molecule has 2 aromatic rings. The lowest BCUT2D eigenvalue weighted by molar-refractivity contribution is -0.125. The largest absolute Gasteiger partial charge is 0.370 e. The Bertz CT molecular complexity index is 1190. The number of nitrogens with one attached hydrogen (secondary N) is 1. The van der Waals surface area contributed by atoms with E-state index in [-0.39, 0.29) is 30.5 Å². The summed E-state index contributed by atoms with van der Waals surface area (Å²) in [4.78, 5) is 44.7. The van der Waals surface area contributed by atoms with Crippen molar-refractivity contribution in [3.05, 3.63) is 65.5 Å². The van der Waals surface area contributed by atoms with Gasteiger partial charge in [-0.05, 0) is 48.5 Å². The second-order valence-corrected chi connectivity index (χ2v) is 7.27. The number of terminal acetylenes is 1. The second kappa shape index (κ2) is 9.38. The van der Waals surface area contributed by atoms with E-state index in [9.17, 15) is 14.4 Å². The van der Waals surface area contributed by atoms with Crippen LogP contribution in [0.4, 0.5) is 17.1 Å². The van der Waals surface area contributed by atoms with Crippen molar-refractivity contribution in [2.45, 2.75) is 0 Å². The minimum atomic E-state index is -0.785. The summed E-state index contributed by atoms with van der Waals surface area (Å²) in [6.45, 7) is 1.23. The standard InChI is InChI=1S/C24H21N5O4/c1-2-16-3-5-17(6-4-16)27-24(32)21-22(23(25)31)29(12-11-26-21)19-9-7-18(8-10-19)28-13-14-33-15-20(28)30/h1,3-11H,12-15H2,(H2,25,31)(H,27,32). The van der Waals surface area contributed by atoms with E-state index in [1.54, 1.807) is 58.3 Å². The van der Waals surface area contributed by atoms with E-state index in [0.29, 0.717) is 30.1 Å². The zero-order valence-corrected chi connectivity index (χ0v) is 17.7. The minimum absolute atomic E-state index is 0.0227. The fourth-order valence-electron chi connectivity index (χ4n) is 3.59. The van der Waals surface area contributed by atoms with Crippen molar-refractivity contribution in [1.29, 1.82) is 0 Å². The molecule has 1 saturated heterocycles. The Labute approximate surface area is 190 Å². The van der Waals surface area contributed by atoms with Gasteiger partial charge in [-0.2, -0.15) is 0 Å². The number of aliphatic imine (C=N–C) groups is 1. The van der Waals surface area contributed by atoms with Crippen molar-refractivity contribution in [2.75, 3.05) is 41.4 Å². The molecule has 0 radical (unpaired) electrons. The molecule has 3 amide bonds. The normalized spacial score (nSPS) is 15.9. The van der Waals surface area contributed by atoms with E-state index in [0.717, 1.165) is 5.69 Å². The third kappa shape index (κ3) is 4.61. The molecule has 0 aromatic heterocycles. The maximum Gasteiger partial charge on any atom is 0.276 e. The van der Waals surface area contributed by atoms with Crippen molar-refractivity contribution in [1.82, 2.24) is 0 Å². The number of carbonyl (C=O) groups excluding carboxylic acids is 3. The van der Waals surface area contributed by atoms with Crippen LogP contribution >= 0.6 is 0 Å². The van der Waals surface area contributed by atoms with Crippen molar-refractivity contribution < 1.29 is 19.1 Å². The number of carbonyl (C=O) groups is 3.